The van der Waals surface area contributed by atoms with Gasteiger partial charge >= 0.3 is 0 Å². The Morgan fingerprint density at radius 1 is 1.29 bits per heavy atom. The number of hydrogen-bond acceptors (Lipinski definition) is 10. The van der Waals surface area contributed by atoms with Crippen LogP contribution in [0.25, 0.3) is 16.7 Å². The molecule has 160 valence electrons. The Hall–Kier alpha value is -3.14. The lowest BCUT2D eigenvalue weighted by atomic mass is 10.3. The summed E-state index contributed by atoms with van der Waals surface area (Å²) in [6, 6.07) is 5.67. The molecular formula is C16H14N8O4S3. The molecule has 4 rings (SSSR count). The number of sulfonamides is 1. The molecule has 3 aromatic heterocycles. The van der Waals surface area contributed by atoms with E-state index in [0.717, 1.165) is 16.8 Å². The second-order valence-corrected chi connectivity index (χ2v) is 9.87. The van der Waals surface area contributed by atoms with Crippen molar-refractivity contribution >= 4 is 55.2 Å². The summed E-state index contributed by atoms with van der Waals surface area (Å²) < 4.78 is 24.3. The van der Waals surface area contributed by atoms with E-state index in [9.17, 15) is 18.0 Å². The van der Waals surface area contributed by atoms with Crippen molar-refractivity contribution in [3.8, 4) is 5.69 Å². The molecule has 0 saturated heterocycles. The molecule has 0 spiro atoms. The maximum atomic E-state index is 12.4. The molecule has 0 aliphatic heterocycles. The predicted octanol–water partition coefficient (Wildman–Crippen LogP) is 0.647. The fourth-order valence-electron chi connectivity index (χ4n) is 2.57. The first-order valence-electron chi connectivity index (χ1n) is 8.55. The smallest absolute Gasteiger partial charge is 0.262 e. The Bertz CT molecular complexity index is 1440. The van der Waals surface area contributed by atoms with Gasteiger partial charge in [-0.2, -0.15) is 5.10 Å². The number of aryl methyl sites for hydroxylation is 1. The highest BCUT2D eigenvalue weighted by atomic mass is 32.2. The second-order valence-electron chi connectivity index (χ2n) is 6.17. The number of fused-ring (bicyclic) bond motifs is 1. The van der Waals surface area contributed by atoms with E-state index >= 15 is 0 Å². The van der Waals surface area contributed by atoms with Crippen molar-refractivity contribution in [2.24, 2.45) is 5.14 Å². The first kappa shape index (κ1) is 21.1. The Balaban J connectivity index is 1.57. The summed E-state index contributed by atoms with van der Waals surface area (Å²) in [5.74, 6) is -0.333. The molecule has 31 heavy (non-hydrogen) atoms. The molecule has 15 heteroatoms. The molecule has 4 N–H and O–H groups in total. The molecule has 0 bridgehead atoms. The van der Waals surface area contributed by atoms with Gasteiger partial charge in [0.2, 0.25) is 21.1 Å². The van der Waals surface area contributed by atoms with E-state index in [1.54, 1.807) is 6.92 Å². The highest BCUT2D eigenvalue weighted by Crippen LogP contribution is 2.20. The van der Waals surface area contributed by atoms with Crippen LogP contribution in [-0.2, 0) is 14.8 Å². The maximum Gasteiger partial charge on any atom is 0.262 e. The van der Waals surface area contributed by atoms with Crippen LogP contribution in [0.15, 0.2) is 45.3 Å². The van der Waals surface area contributed by atoms with Gasteiger partial charge in [0, 0.05) is 0 Å². The van der Waals surface area contributed by atoms with E-state index in [0.29, 0.717) is 10.8 Å². The molecule has 0 unspecified atom stereocenters. The van der Waals surface area contributed by atoms with Gasteiger partial charge in [-0.25, -0.2) is 23.2 Å². The van der Waals surface area contributed by atoms with Crippen LogP contribution >= 0.6 is 23.1 Å². The van der Waals surface area contributed by atoms with Gasteiger partial charge in [-0.1, -0.05) is 23.1 Å². The Kier molecular flexibility index (Phi) is 5.57. The van der Waals surface area contributed by atoms with Gasteiger partial charge in [0.15, 0.2) is 10.8 Å². The normalized spacial score (nSPS) is 11.7. The second kappa shape index (κ2) is 8.18. The van der Waals surface area contributed by atoms with Crippen molar-refractivity contribution < 1.29 is 13.2 Å². The fraction of sp³-hybridized carbons (Fsp3) is 0.125. The van der Waals surface area contributed by atoms with Crippen LogP contribution < -0.4 is 16.0 Å². The zero-order valence-corrected chi connectivity index (χ0v) is 18.2. The minimum absolute atomic E-state index is 0.00965. The zero-order valence-electron chi connectivity index (χ0n) is 15.8. The van der Waals surface area contributed by atoms with Crippen LogP contribution in [0.1, 0.15) is 5.01 Å². The molecule has 0 radical (unpaired) electrons. The monoisotopic (exact) mass is 478 g/mol. The Morgan fingerprint density at radius 2 is 2.03 bits per heavy atom. The van der Waals surface area contributed by atoms with Crippen molar-refractivity contribution in [2.45, 2.75) is 17.0 Å². The number of nitrogens with zero attached hydrogens (tertiary/aromatic N) is 5. The topological polar surface area (TPSA) is 179 Å². The first-order valence-corrected chi connectivity index (χ1v) is 11.9. The number of thioether (sulfide) groups is 1. The standard InChI is InChI=1S/C16H14N8O4S3/c1-8-22-23-16(30-8)19-12(25)7-29-15-20-13-11(14(26)21-15)6-18-24(13)9-2-4-10(5-3-9)31(17,27)28/h2-6H,7H2,1H3,(H2,17,27,28)(H,19,23,25)(H,20,21,26). The van der Waals surface area contributed by atoms with Crippen LogP contribution in [0.2, 0.25) is 0 Å². The minimum atomic E-state index is -3.83. The number of primary sulfonamides is 1. The number of nitrogens with one attached hydrogen (secondary N) is 2. The summed E-state index contributed by atoms with van der Waals surface area (Å²) in [6.07, 6.45) is 1.35. The van der Waals surface area contributed by atoms with Gasteiger partial charge in [0.05, 0.1) is 22.5 Å². The molecule has 0 fully saturated rings. The quantitative estimate of drug-likeness (QED) is 0.265. The Labute approximate surface area is 183 Å². The molecule has 0 saturated carbocycles. The molecule has 1 aromatic carbocycles. The molecule has 3 heterocycles. The zero-order chi connectivity index (χ0) is 22.2. The van der Waals surface area contributed by atoms with E-state index < -0.39 is 15.6 Å². The van der Waals surface area contributed by atoms with Crippen LogP contribution in [0.4, 0.5) is 5.13 Å². The van der Waals surface area contributed by atoms with E-state index in [-0.39, 0.29) is 32.7 Å². The van der Waals surface area contributed by atoms with E-state index in [2.05, 4.69) is 30.6 Å². The molecule has 1 amide bonds. The third-order valence-electron chi connectivity index (χ3n) is 3.94. The average molecular weight is 479 g/mol. The summed E-state index contributed by atoms with van der Waals surface area (Å²) in [5.41, 5.74) is 0.329. The van der Waals surface area contributed by atoms with E-state index in [4.69, 9.17) is 5.14 Å². The predicted molar refractivity (Wildman–Crippen MR) is 115 cm³/mol. The molecular weight excluding hydrogens is 464 g/mol. The van der Waals surface area contributed by atoms with Crippen molar-refractivity contribution in [2.75, 3.05) is 11.1 Å². The van der Waals surface area contributed by atoms with Gasteiger partial charge in [-0.3, -0.25) is 14.9 Å². The van der Waals surface area contributed by atoms with Crippen LogP contribution in [-0.4, -0.2) is 50.0 Å². The van der Waals surface area contributed by atoms with Gasteiger partial charge in [-0.15, -0.1) is 10.2 Å². The van der Waals surface area contributed by atoms with Crippen molar-refractivity contribution in [1.82, 2.24) is 29.9 Å². The number of aromatic amines is 1. The largest absolute Gasteiger partial charge is 0.301 e. The van der Waals surface area contributed by atoms with E-state index in [1.165, 1.54) is 46.5 Å². The van der Waals surface area contributed by atoms with Gasteiger partial charge < -0.3 is 4.98 Å². The number of H-pyrrole nitrogens is 1. The van der Waals surface area contributed by atoms with Gasteiger partial charge in [0.25, 0.3) is 5.56 Å². The molecule has 0 aliphatic rings. The van der Waals surface area contributed by atoms with Gasteiger partial charge in [0.1, 0.15) is 10.4 Å². The highest BCUT2D eigenvalue weighted by Gasteiger charge is 2.15. The van der Waals surface area contributed by atoms with Gasteiger partial charge in [-0.05, 0) is 31.2 Å². The summed E-state index contributed by atoms with van der Waals surface area (Å²) in [6.45, 7) is 1.78. The third-order valence-corrected chi connectivity index (χ3v) is 6.50. The molecule has 12 nitrogen and oxygen atoms in total. The molecule has 0 aliphatic carbocycles. The summed E-state index contributed by atoms with van der Waals surface area (Å²) >= 11 is 2.29. The molecule has 0 atom stereocenters. The third kappa shape index (κ3) is 4.63. The lowest BCUT2D eigenvalue weighted by Gasteiger charge is -2.05. The fourth-order valence-corrected chi connectivity index (χ4v) is 4.35. The summed E-state index contributed by atoms with van der Waals surface area (Å²) in [5, 5.41) is 21.1. The van der Waals surface area contributed by atoms with Crippen molar-refractivity contribution in [1.29, 1.82) is 0 Å². The maximum absolute atomic E-state index is 12.4. The number of nitrogens with two attached hydrogens (primary N) is 1. The number of rotatable bonds is 6. The van der Waals surface area contributed by atoms with Crippen LogP contribution in [0.3, 0.4) is 0 Å². The summed E-state index contributed by atoms with van der Waals surface area (Å²) in [4.78, 5) is 31.4. The lowest BCUT2D eigenvalue weighted by Crippen LogP contribution is -2.15. The number of hydrogen-bond donors (Lipinski definition) is 3. The van der Waals surface area contributed by atoms with Crippen LogP contribution in [0, 0.1) is 6.92 Å². The summed E-state index contributed by atoms with van der Waals surface area (Å²) in [7, 11) is -3.83. The number of carbonyl (C=O) groups excluding carboxylic acids is 1. The van der Waals surface area contributed by atoms with Crippen LogP contribution in [0.5, 0.6) is 0 Å². The Morgan fingerprint density at radius 3 is 2.68 bits per heavy atom. The number of carbonyl (C=O) groups is 1. The average Bonchev–Trinajstić information content (AvgIpc) is 3.32. The SMILES string of the molecule is Cc1nnc(NC(=O)CSc2nc3c(cnn3-c3ccc(S(N)(=O)=O)cc3)c(=O)[nH]2)s1. The number of anilines is 1. The minimum Gasteiger partial charge on any atom is -0.301 e. The lowest BCUT2D eigenvalue weighted by molar-refractivity contribution is -0.113. The number of aromatic nitrogens is 6. The van der Waals surface area contributed by atoms with Crippen molar-refractivity contribution in [3.05, 3.63) is 45.8 Å². The first-order chi connectivity index (χ1) is 14.7. The van der Waals surface area contributed by atoms with E-state index in [1.807, 2.05) is 0 Å². The highest BCUT2D eigenvalue weighted by molar-refractivity contribution is 7.99. The molecule has 4 aromatic rings. The number of amides is 1. The van der Waals surface area contributed by atoms with Crippen molar-refractivity contribution in [3.63, 3.8) is 0 Å². The number of benzene rings is 1.